The van der Waals surface area contributed by atoms with Gasteiger partial charge in [-0.25, -0.2) is 9.97 Å². The summed E-state index contributed by atoms with van der Waals surface area (Å²) in [5.41, 5.74) is 1.35. The van der Waals surface area contributed by atoms with Crippen LogP contribution in [0.25, 0.3) is 11.2 Å². The predicted molar refractivity (Wildman–Crippen MR) is 74.0 cm³/mol. The maximum absolute atomic E-state index is 10.7. The molecule has 1 N–H and O–H groups in total. The Balaban J connectivity index is 2.00. The van der Waals surface area contributed by atoms with Gasteiger partial charge in [-0.3, -0.25) is 9.36 Å². The number of imidazole rings is 1. The number of aryl methyl sites for hydroxylation is 1. The van der Waals surface area contributed by atoms with Crippen LogP contribution in [-0.4, -0.2) is 41.5 Å². The van der Waals surface area contributed by atoms with Crippen molar-refractivity contribution >= 4 is 28.9 Å². The van der Waals surface area contributed by atoms with Gasteiger partial charge in [0.25, 0.3) is 0 Å². The molecule has 3 aromatic rings. The third-order valence-corrected chi connectivity index (χ3v) is 3.62. The minimum atomic E-state index is -0.903. The number of aliphatic carboxylic acids is 1. The summed E-state index contributed by atoms with van der Waals surface area (Å²) < 4.78 is 6.88. The fourth-order valence-electron chi connectivity index (χ4n) is 1.86. The second-order valence-corrected chi connectivity index (χ2v) is 5.19. The molecule has 0 unspecified atom stereocenters. The van der Waals surface area contributed by atoms with Crippen molar-refractivity contribution in [3.8, 4) is 0 Å². The van der Waals surface area contributed by atoms with Crippen molar-refractivity contribution in [2.45, 2.75) is 18.6 Å². The minimum Gasteiger partial charge on any atom is -0.481 e. The number of rotatable bonds is 5. The summed E-state index contributed by atoms with van der Waals surface area (Å²) in [6, 6.07) is 3.60. The summed E-state index contributed by atoms with van der Waals surface area (Å²) in [6.45, 7) is 2.04. The number of carboxylic acids is 1. The molecule has 0 aliphatic heterocycles. The van der Waals surface area contributed by atoms with Gasteiger partial charge in [0.1, 0.15) is 12.1 Å². The zero-order valence-electron chi connectivity index (χ0n) is 11.1. The van der Waals surface area contributed by atoms with Crippen LogP contribution >= 0.6 is 11.8 Å². The summed E-state index contributed by atoms with van der Waals surface area (Å²) >= 11 is 1.13. The molecule has 8 nitrogen and oxygen atoms in total. The van der Waals surface area contributed by atoms with Crippen LogP contribution < -0.4 is 0 Å². The number of pyridine rings is 1. The standard InChI is InChI=1S/C12H11N5O3S/c1-7-14-9(20-16-7)5-17-11-8(3-2-4-13-11)15-12(17)21-6-10(18)19/h2-4H,5-6H2,1H3,(H,18,19). The van der Waals surface area contributed by atoms with E-state index in [-0.39, 0.29) is 5.75 Å². The van der Waals surface area contributed by atoms with Crippen LogP contribution in [-0.2, 0) is 11.3 Å². The summed E-state index contributed by atoms with van der Waals surface area (Å²) in [4.78, 5) is 23.6. The molecule has 0 bridgehead atoms. The van der Waals surface area contributed by atoms with Gasteiger partial charge in [-0.05, 0) is 19.1 Å². The van der Waals surface area contributed by atoms with E-state index in [1.807, 2.05) is 6.07 Å². The SMILES string of the molecule is Cc1noc(Cn2c(SCC(=O)O)nc3cccnc32)n1. The summed E-state index contributed by atoms with van der Waals surface area (Å²) in [6.07, 6.45) is 1.66. The lowest BCUT2D eigenvalue weighted by molar-refractivity contribution is -0.133. The molecule has 0 saturated heterocycles. The first-order valence-corrected chi connectivity index (χ1v) is 7.07. The Hall–Kier alpha value is -2.42. The van der Waals surface area contributed by atoms with Gasteiger partial charge >= 0.3 is 5.97 Å². The summed E-state index contributed by atoms with van der Waals surface area (Å²) in [7, 11) is 0. The van der Waals surface area contributed by atoms with Crippen LogP contribution in [0.1, 0.15) is 11.7 Å². The molecule has 9 heteroatoms. The Morgan fingerprint density at radius 1 is 1.48 bits per heavy atom. The Kier molecular flexibility index (Phi) is 3.57. The lowest BCUT2D eigenvalue weighted by atomic mass is 10.4. The Morgan fingerprint density at radius 3 is 3.05 bits per heavy atom. The first kappa shape index (κ1) is 13.6. The van der Waals surface area contributed by atoms with Crippen molar-refractivity contribution < 1.29 is 14.4 Å². The van der Waals surface area contributed by atoms with E-state index in [4.69, 9.17) is 9.63 Å². The average Bonchev–Trinajstić information content (AvgIpc) is 3.01. The Morgan fingerprint density at radius 2 is 2.33 bits per heavy atom. The number of carboxylic acid groups (broad SMARTS) is 1. The topological polar surface area (TPSA) is 107 Å². The molecule has 0 atom stereocenters. The Labute approximate surface area is 123 Å². The van der Waals surface area contributed by atoms with Gasteiger partial charge in [-0.15, -0.1) is 0 Å². The zero-order chi connectivity index (χ0) is 14.8. The first-order chi connectivity index (χ1) is 10.1. The maximum atomic E-state index is 10.7. The molecule has 0 radical (unpaired) electrons. The van der Waals surface area contributed by atoms with Crippen LogP contribution in [0.5, 0.6) is 0 Å². The number of aromatic nitrogens is 5. The van der Waals surface area contributed by atoms with Crippen molar-refractivity contribution in [3.05, 3.63) is 30.0 Å². The van der Waals surface area contributed by atoms with Crippen LogP contribution in [0.4, 0.5) is 0 Å². The molecule has 3 heterocycles. The van der Waals surface area contributed by atoms with E-state index in [0.29, 0.717) is 34.6 Å². The molecule has 0 aliphatic rings. The van der Waals surface area contributed by atoms with Crippen molar-refractivity contribution in [1.82, 2.24) is 24.7 Å². The molecular formula is C12H11N5O3S. The molecule has 0 saturated carbocycles. The molecule has 0 aliphatic carbocycles. The van der Waals surface area contributed by atoms with Gasteiger partial charge in [0.2, 0.25) is 5.89 Å². The fourth-order valence-corrected chi connectivity index (χ4v) is 2.58. The monoisotopic (exact) mass is 305 g/mol. The van der Waals surface area contributed by atoms with E-state index in [1.54, 1.807) is 23.8 Å². The molecule has 0 fully saturated rings. The van der Waals surface area contributed by atoms with Crippen LogP contribution in [0.2, 0.25) is 0 Å². The van der Waals surface area contributed by atoms with E-state index in [2.05, 4.69) is 20.1 Å². The second kappa shape index (κ2) is 5.52. The summed E-state index contributed by atoms with van der Waals surface area (Å²) in [5.74, 6) is -0.0106. The summed E-state index contributed by atoms with van der Waals surface area (Å²) in [5, 5.41) is 13.1. The molecule has 21 heavy (non-hydrogen) atoms. The van der Waals surface area contributed by atoms with E-state index >= 15 is 0 Å². The van der Waals surface area contributed by atoms with E-state index < -0.39 is 5.97 Å². The lowest BCUT2D eigenvalue weighted by Crippen LogP contribution is -2.05. The van der Waals surface area contributed by atoms with E-state index in [0.717, 1.165) is 11.8 Å². The average molecular weight is 305 g/mol. The highest BCUT2D eigenvalue weighted by Crippen LogP contribution is 2.23. The largest absolute Gasteiger partial charge is 0.481 e. The van der Waals surface area contributed by atoms with Gasteiger partial charge < -0.3 is 9.63 Å². The molecular weight excluding hydrogens is 294 g/mol. The van der Waals surface area contributed by atoms with Crippen LogP contribution in [0.3, 0.4) is 0 Å². The van der Waals surface area contributed by atoms with Crippen molar-refractivity contribution in [1.29, 1.82) is 0 Å². The molecule has 108 valence electrons. The van der Waals surface area contributed by atoms with Gasteiger partial charge in [0.05, 0.1) is 5.75 Å². The molecule has 3 aromatic heterocycles. The molecule has 0 amide bonds. The number of hydrogen-bond acceptors (Lipinski definition) is 7. The Bertz CT molecular complexity index is 797. The molecule has 3 rings (SSSR count). The minimum absolute atomic E-state index is 0.0772. The third kappa shape index (κ3) is 2.87. The highest BCUT2D eigenvalue weighted by molar-refractivity contribution is 7.99. The van der Waals surface area contributed by atoms with E-state index in [9.17, 15) is 4.79 Å². The van der Waals surface area contributed by atoms with E-state index in [1.165, 1.54) is 0 Å². The quantitative estimate of drug-likeness (QED) is 0.704. The molecule has 0 aromatic carbocycles. The van der Waals surface area contributed by atoms with Crippen molar-refractivity contribution in [3.63, 3.8) is 0 Å². The van der Waals surface area contributed by atoms with Gasteiger partial charge in [-0.1, -0.05) is 16.9 Å². The lowest BCUT2D eigenvalue weighted by Gasteiger charge is -2.04. The van der Waals surface area contributed by atoms with Gasteiger partial charge in [0, 0.05) is 6.20 Å². The number of thioether (sulfide) groups is 1. The fraction of sp³-hybridized carbons (Fsp3) is 0.250. The van der Waals surface area contributed by atoms with Crippen molar-refractivity contribution in [2.75, 3.05) is 5.75 Å². The second-order valence-electron chi connectivity index (χ2n) is 4.24. The van der Waals surface area contributed by atoms with Crippen LogP contribution in [0.15, 0.2) is 28.0 Å². The number of carbonyl (C=O) groups is 1. The normalized spacial score (nSPS) is 11.1. The highest BCUT2D eigenvalue weighted by atomic mass is 32.2. The van der Waals surface area contributed by atoms with Crippen LogP contribution in [0, 0.1) is 6.92 Å². The first-order valence-electron chi connectivity index (χ1n) is 6.08. The number of nitrogens with zero attached hydrogens (tertiary/aromatic N) is 5. The third-order valence-electron chi connectivity index (χ3n) is 2.66. The zero-order valence-corrected chi connectivity index (χ0v) is 11.9. The smallest absolute Gasteiger partial charge is 0.313 e. The van der Waals surface area contributed by atoms with Crippen molar-refractivity contribution in [2.24, 2.45) is 0 Å². The maximum Gasteiger partial charge on any atom is 0.313 e. The highest BCUT2D eigenvalue weighted by Gasteiger charge is 2.16. The molecule has 0 spiro atoms. The van der Waals surface area contributed by atoms with Gasteiger partial charge in [-0.2, -0.15) is 4.98 Å². The number of hydrogen-bond donors (Lipinski definition) is 1. The number of fused-ring (bicyclic) bond motifs is 1. The van der Waals surface area contributed by atoms with Gasteiger partial charge in [0.15, 0.2) is 16.6 Å². The predicted octanol–water partition coefficient (Wildman–Crippen LogP) is 1.35.